The van der Waals surface area contributed by atoms with Gasteiger partial charge in [0.15, 0.2) is 0 Å². The lowest BCUT2D eigenvalue weighted by atomic mass is 10.3. The Kier molecular flexibility index (Phi) is 6.49. The van der Waals surface area contributed by atoms with E-state index in [-0.39, 0.29) is 11.4 Å². The maximum atomic E-state index is 11.6. The van der Waals surface area contributed by atoms with Gasteiger partial charge in [0, 0.05) is 17.8 Å². The normalized spacial score (nSPS) is 9.23. The van der Waals surface area contributed by atoms with Gasteiger partial charge in [0.05, 0.1) is 16.8 Å². The molecule has 0 bridgehead atoms. The van der Waals surface area contributed by atoms with Crippen LogP contribution in [0.3, 0.4) is 0 Å². The summed E-state index contributed by atoms with van der Waals surface area (Å²) in [4.78, 5) is 25.6. The number of hydrogen-bond acceptors (Lipinski definition) is 5. The van der Waals surface area contributed by atoms with Crippen molar-refractivity contribution in [2.75, 3.05) is 5.32 Å². The molecule has 0 fully saturated rings. The van der Waals surface area contributed by atoms with E-state index in [0.717, 1.165) is 5.69 Å². The number of hydrogen-bond donors (Lipinski definition) is 1. The van der Waals surface area contributed by atoms with E-state index in [1.807, 2.05) is 20.8 Å². The Balaban J connectivity index is 0.00000116. The van der Waals surface area contributed by atoms with Crippen LogP contribution in [0, 0.1) is 17.0 Å². The van der Waals surface area contributed by atoms with E-state index in [0.29, 0.717) is 5.69 Å². The van der Waals surface area contributed by atoms with Crippen molar-refractivity contribution in [1.82, 2.24) is 4.98 Å². The number of rotatable bonds is 3. The zero-order valence-corrected chi connectivity index (χ0v) is 12.6. The molecule has 116 valence electrons. The number of nitro benzene ring substituents is 1. The van der Waals surface area contributed by atoms with Crippen LogP contribution in [-0.2, 0) is 0 Å². The first kappa shape index (κ1) is 17.1. The second-order valence-corrected chi connectivity index (χ2v) is 3.95. The molecule has 1 heterocycles. The molecular weight excluding hydrogens is 286 g/mol. The number of amides is 1. The molecule has 0 aliphatic rings. The molecule has 0 spiro atoms. The third-order valence-electron chi connectivity index (χ3n) is 2.42. The molecule has 0 unspecified atom stereocenters. The Morgan fingerprint density at radius 1 is 1.18 bits per heavy atom. The fourth-order valence-corrected chi connectivity index (χ4v) is 1.43. The van der Waals surface area contributed by atoms with Gasteiger partial charge >= 0.3 is 6.09 Å². The van der Waals surface area contributed by atoms with Crippen LogP contribution < -0.4 is 10.1 Å². The topological polar surface area (TPSA) is 94.4 Å². The number of non-ortho nitro benzene ring substituents is 1. The summed E-state index contributed by atoms with van der Waals surface area (Å²) in [5.74, 6) is 0.216. The van der Waals surface area contributed by atoms with E-state index in [4.69, 9.17) is 4.74 Å². The number of pyridine rings is 1. The molecule has 2 rings (SSSR count). The maximum Gasteiger partial charge on any atom is 0.417 e. The third-order valence-corrected chi connectivity index (χ3v) is 2.42. The van der Waals surface area contributed by atoms with E-state index in [1.54, 1.807) is 12.1 Å². The molecule has 7 nitrogen and oxygen atoms in total. The summed E-state index contributed by atoms with van der Waals surface area (Å²) in [6, 6.07) is 8.67. The highest BCUT2D eigenvalue weighted by molar-refractivity contribution is 5.86. The fraction of sp³-hybridized carbons (Fsp3) is 0.200. The van der Waals surface area contributed by atoms with Gasteiger partial charge in [-0.05, 0) is 31.2 Å². The minimum Gasteiger partial charge on any atom is -0.410 e. The van der Waals surface area contributed by atoms with Crippen LogP contribution in [-0.4, -0.2) is 16.0 Å². The number of carbonyl (C=O) groups is 1. The Hall–Kier alpha value is -2.96. The molecular formula is C15H17N3O4. The van der Waals surface area contributed by atoms with Gasteiger partial charge in [-0.2, -0.15) is 0 Å². The highest BCUT2D eigenvalue weighted by Gasteiger charge is 2.08. The molecule has 2 aromatic rings. The van der Waals surface area contributed by atoms with E-state index in [2.05, 4.69) is 10.3 Å². The number of nitrogens with zero attached hydrogens (tertiary/aromatic N) is 2. The second kappa shape index (κ2) is 8.35. The van der Waals surface area contributed by atoms with Crippen LogP contribution in [0.4, 0.5) is 16.2 Å². The summed E-state index contributed by atoms with van der Waals surface area (Å²) < 4.78 is 4.98. The van der Waals surface area contributed by atoms with Gasteiger partial charge in [-0.25, -0.2) is 4.79 Å². The second-order valence-electron chi connectivity index (χ2n) is 3.95. The summed E-state index contributed by atoms with van der Waals surface area (Å²) in [7, 11) is 0. The third kappa shape index (κ3) is 5.20. The van der Waals surface area contributed by atoms with Crippen molar-refractivity contribution < 1.29 is 14.5 Å². The van der Waals surface area contributed by atoms with Gasteiger partial charge in [-0.15, -0.1) is 0 Å². The molecule has 0 saturated carbocycles. The highest BCUT2D eigenvalue weighted by atomic mass is 16.6. The Bertz CT molecular complexity index is 624. The molecule has 1 amide bonds. The van der Waals surface area contributed by atoms with Crippen LogP contribution in [0.15, 0.2) is 42.6 Å². The molecule has 1 aromatic carbocycles. The Morgan fingerprint density at radius 3 is 2.32 bits per heavy atom. The SMILES string of the molecule is CC.Cc1ccc(NC(=O)Oc2ccc([N+](=O)[O-])cc2)cn1. The van der Waals surface area contributed by atoms with Gasteiger partial charge in [0.25, 0.3) is 5.69 Å². The number of aromatic nitrogens is 1. The summed E-state index contributed by atoms with van der Waals surface area (Å²) in [6.07, 6.45) is 0.816. The van der Waals surface area contributed by atoms with E-state index >= 15 is 0 Å². The van der Waals surface area contributed by atoms with Gasteiger partial charge < -0.3 is 4.74 Å². The number of nitrogens with one attached hydrogen (secondary N) is 1. The first-order valence-electron chi connectivity index (χ1n) is 6.70. The van der Waals surface area contributed by atoms with Gasteiger partial charge in [0.2, 0.25) is 0 Å². The van der Waals surface area contributed by atoms with Crippen LogP contribution in [0.2, 0.25) is 0 Å². The molecule has 0 aliphatic heterocycles. The zero-order valence-electron chi connectivity index (χ0n) is 12.6. The first-order chi connectivity index (χ1) is 10.5. The van der Waals surface area contributed by atoms with Crippen molar-refractivity contribution in [1.29, 1.82) is 0 Å². The van der Waals surface area contributed by atoms with Crippen molar-refractivity contribution in [2.45, 2.75) is 20.8 Å². The average molecular weight is 303 g/mol. The molecule has 1 N–H and O–H groups in total. The molecule has 0 aliphatic carbocycles. The highest BCUT2D eigenvalue weighted by Crippen LogP contribution is 2.17. The minimum atomic E-state index is -0.690. The largest absolute Gasteiger partial charge is 0.417 e. The van der Waals surface area contributed by atoms with Crippen molar-refractivity contribution in [2.24, 2.45) is 0 Å². The molecule has 1 aromatic heterocycles. The summed E-state index contributed by atoms with van der Waals surface area (Å²) in [5.41, 5.74) is 1.27. The predicted molar refractivity (Wildman–Crippen MR) is 83.1 cm³/mol. The van der Waals surface area contributed by atoms with E-state index in [1.165, 1.54) is 30.5 Å². The summed E-state index contributed by atoms with van der Waals surface area (Å²) >= 11 is 0. The number of nitro groups is 1. The monoisotopic (exact) mass is 303 g/mol. The number of carbonyl (C=O) groups excluding carboxylic acids is 1. The quantitative estimate of drug-likeness (QED) is 0.684. The molecule has 0 atom stereocenters. The standard InChI is InChI=1S/C13H11N3O4.C2H6/c1-9-2-3-10(8-14-9)15-13(17)20-12-6-4-11(5-7-12)16(18)19;1-2/h2-8H,1H3,(H,15,17);1-2H3. The number of aryl methyl sites for hydroxylation is 1. The maximum absolute atomic E-state index is 11.6. The van der Waals surface area contributed by atoms with Gasteiger partial charge in [0.1, 0.15) is 5.75 Å². The van der Waals surface area contributed by atoms with Crippen molar-refractivity contribution in [3.8, 4) is 5.75 Å². The lowest BCUT2D eigenvalue weighted by Gasteiger charge is -2.06. The average Bonchev–Trinajstić information content (AvgIpc) is 2.52. The molecule has 0 saturated heterocycles. The van der Waals surface area contributed by atoms with E-state index < -0.39 is 11.0 Å². The molecule has 22 heavy (non-hydrogen) atoms. The lowest BCUT2D eigenvalue weighted by molar-refractivity contribution is -0.384. The molecule has 7 heteroatoms. The van der Waals surface area contributed by atoms with Gasteiger partial charge in [-0.3, -0.25) is 20.4 Å². The predicted octanol–water partition coefficient (Wildman–Crippen LogP) is 3.94. The minimum absolute atomic E-state index is 0.0690. The first-order valence-corrected chi connectivity index (χ1v) is 6.70. The number of anilines is 1. The van der Waals surface area contributed by atoms with Crippen LogP contribution in [0.5, 0.6) is 5.75 Å². The number of benzene rings is 1. The summed E-state index contributed by atoms with van der Waals surface area (Å²) in [5, 5.41) is 13.0. The van der Waals surface area contributed by atoms with Crippen molar-refractivity contribution in [3.05, 3.63) is 58.4 Å². The smallest absolute Gasteiger partial charge is 0.410 e. The Morgan fingerprint density at radius 2 is 1.82 bits per heavy atom. The molecule has 0 radical (unpaired) electrons. The van der Waals surface area contributed by atoms with E-state index in [9.17, 15) is 14.9 Å². The van der Waals surface area contributed by atoms with Crippen LogP contribution in [0.25, 0.3) is 0 Å². The van der Waals surface area contributed by atoms with Gasteiger partial charge in [-0.1, -0.05) is 13.8 Å². The lowest BCUT2D eigenvalue weighted by Crippen LogP contribution is -2.16. The van der Waals surface area contributed by atoms with Crippen LogP contribution >= 0.6 is 0 Å². The van der Waals surface area contributed by atoms with Crippen LogP contribution in [0.1, 0.15) is 19.5 Å². The van der Waals surface area contributed by atoms with Crippen molar-refractivity contribution >= 4 is 17.5 Å². The fourth-order valence-electron chi connectivity index (χ4n) is 1.43. The Labute approximate surface area is 128 Å². The van der Waals surface area contributed by atoms with Crippen molar-refractivity contribution in [3.63, 3.8) is 0 Å². The summed E-state index contributed by atoms with van der Waals surface area (Å²) in [6.45, 7) is 5.83. The zero-order chi connectivity index (χ0) is 16.5. The number of ether oxygens (including phenoxy) is 1.